The van der Waals surface area contributed by atoms with Crippen molar-refractivity contribution in [3.8, 4) is 0 Å². The van der Waals surface area contributed by atoms with Gasteiger partial charge in [-0.05, 0) is 30.9 Å². The first-order chi connectivity index (χ1) is 13.6. The molecule has 0 spiro atoms. The Kier molecular flexibility index (Phi) is 5.64. The van der Waals surface area contributed by atoms with Crippen LogP contribution in [0, 0.1) is 5.92 Å². The van der Waals surface area contributed by atoms with Crippen molar-refractivity contribution < 1.29 is 14.7 Å². The van der Waals surface area contributed by atoms with Gasteiger partial charge in [-0.15, -0.1) is 11.3 Å². The summed E-state index contributed by atoms with van der Waals surface area (Å²) >= 11 is 1.42. The number of nitrogens with zero attached hydrogens (tertiary/aromatic N) is 3. The molecule has 2 aromatic rings. The lowest BCUT2D eigenvalue weighted by atomic mass is 9.95. The van der Waals surface area contributed by atoms with Crippen LogP contribution < -0.4 is 0 Å². The van der Waals surface area contributed by atoms with E-state index in [1.54, 1.807) is 18.1 Å². The van der Waals surface area contributed by atoms with Crippen LogP contribution in [0.25, 0.3) is 10.2 Å². The Morgan fingerprint density at radius 1 is 1.32 bits per heavy atom. The van der Waals surface area contributed by atoms with Gasteiger partial charge in [0.1, 0.15) is 4.83 Å². The lowest BCUT2D eigenvalue weighted by Gasteiger charge is -2.21. The Morgan fingerprint density at radius 3 is 2.86 bits per heavy atom. The summed E-state index contributed by atoms with van der Waals surface area (Å²) in [5.74, 6) is 0.566. The molecule has 1 N–H and O–H groups in total. The zero-order valence-electron chi connectivity index (χ0n) is 16.3. The molecule has 3 heterocycles. The highest BCUT2D eigenvalue weighted by Crippen LogP contribution is 2.40. The highest BCUT2D eigenvalue weighted by molar-refractivity contribution is 7.20. The molecule has 0 aromatic carbocycles. The highest BCUT2D eigenvalue weighted by Gasteiger charge is 2.36. The van der Waals surface area contributed by atoms with Crippen molar-refractivity contribution in [2.24, 2.45) is 5.92 Å². The van der Waals surface area contributed by atoms with E-state index in [1.807, 2.05) is 17.0 Å². The highest BCUT2D eigenvalue weighted by atomic mass is 32.1. The second-order valence-corrected chi connectivity index (χ2v) is 8.90. The number of aliphatic hydroxyl groups excluding tert-OH is 1. The molecule has 2 fully saturated rings. The van der Waals surface area contributed by atoms with Crippen LogP contribution in [-0.4, -0.2) is 65.0 Å². The Bertz CT molecular complexity index is 875. The normalized spacial score (nSPS) is 20.2. The molecule has 2 amide bonds. The van der Waals surface area contributed by atoms with Gasteiger partial charge in [0.2, 0.25) is 5.91 Å². The molecule has 1 saturated heterocycles. The van der Waals surface area contributed by atoms with Gasteiger partial charge in [-0.1, -0.05) is 18.9 Å². The molecule has 7 heteroatoms. The number of likely N-dealkylation sites (tertiary alicyclic amines) is 1. The Balaban J connectivity index is 1.63. The molecular formula is C21H27N3O3S. The molecule has 2 aliphatic rings. The zero-order chi connectivity index (χ0) is 19.7. The molecule has 6 nitrogen and oxygen atoms in total. The quantitative estimate of drug-likeness (QED) is 0.836. The number of aliphatic hydroxyl groups is 1. The first-order valence-electron chi connectivity index (χ1n) is 10.1. The lowest BCUT2D eigenvalue weighted by Crippen LogP contribution is -2.33. The molecule has 1 saturated carbocycles. The van der Waals surface area contributed by atoms with E-state index < -0.39 is 0 Å². The average molecular weight is 402 g/mol. The number of carbonyl (C=O) groups excluding carboxylic acids is 2. The van der Waals surface area contributed by atoms with Crippen LogP contribution in [0.5, 0.6) is 0 Å². The number of fused-ring (bicyclic) bond motifs is 1. The van der Waals surface area contributed by atoms with Gasteiger partial charge >= 0.3 is 0 Å². The number of thiophene rings is 1. The zero-order valence-corrected chi connectivity index (χ0v) is 17.1. The van der Waals surface area contributed by atoms with Crippen molar-refractivity contribution in [2.75, 3.05) is 33.3 Å². The molecule has 2 aromatic heterocycles. The summed E-state index contributed by atoms with van der Waals surface area (Å²) in [6.45, 7) is 1.68. The summed E-state index contributed by atoms with van der Waals surface area (Å²) < 4.78 is 0. The largest absolute Gasteiger partial charge is 0.395 e. The van der Waals surface area contributed by atoms with Gasteiger partial charge in [0.25, 0.3) is 5.91 Å². The molecular weight excluding hydrogens is 374 g/mol. The summed E-state index contributed by atoms with van der Waals surface area (Å²) in [4.78, 5) is 35.5. The molecule has 1 aliphatic heterocycles. The van der Waals surface area contributed by atoms with E-state index in [0.29, 0.717) is 23.9 Å². The van der Waals surface area contributed by atoms with Crippen LogP contribution in [0.2, 0.25) is 0 Å². The van der Waals surface area contributed by atoms with Gasteiger partial charge in [-0.25, -0.2) is 4.98 Å². The van der Waals surface area contributed by atoms with E-state index in [9.17, 15) is 14.7 Å². The molecule has 28 heavy (non-hydrogen) atoms. The summed E-state index contributed by atoms with van der Waals surface area (Å²) in [6, 6.07) is 3.93. The van der Waals surface area contributed by atoms with E-state index >= 15 is 0 Å². The smallest absolute Gasteiger partial charge is 0.264 e. The number of pyridine rings is 1. The third kappa shape index (κ3) is 3.53. The van der Waals surface area contributed by atoms with Gasteiger partial charge in [0.15, 0.2) is 0 Å². The third-order valence-corrected chi connectivity index (χ3v) is 7.21. The number of likely N-dealkylation sites (N-methyl/N-ethyl adjacent to an activating group) is 1. The topological polar surface area (TPSA) is 73.7 Å². The molecule has 0 bridgehead atoms. The van der Waals surface area contributed by atoms with Gasteiger partial charge in [-0.3, -0.25) is 9.59 Å². The Labute approximate surface area is 169 Å². The van der Waals surface area contributed by atoms with Crippen LogP contribution in [0.15, 0.2) is 18.3 Å². The van der Waals surface area contributed by atoms with Crippen molar-refractivity contribution in [3.05, 3.63) is 28.8 Å². The Hall–Kier alpha value is -1.99. The lowest BCUT2D eigenvalue weighted by molar-refractivity contribution is -0.134. The summed E-state index contributed by atoms with van der Waals surface area (Å²) in [7, 11) is 1.71. The number of hydrogen-bond donors (Lipinski definition) is 1. The maximum Gasteiger partial charge on any atom is 0.264 e. The predicted octanol–water partition coefficient (Wildman–Crippen LogP) is 2.87. The molecule has 1 aliphatic carbocycles. The van der Waals surface area contributed by atoms with Crippen molar-refractivity contribution in [1.29, 1.82) is 0 Å². The predicted molar refractivity (Wildman–Crippen MR) is 110 cm³/mol. The molecule has 0 radical (unpaired) electrons. The number of amides is 2. The number of hydrogen-bond acceptors (Lipinski definition) is 5. The fourth-order valence-corrected chi connectivity index (χ4v) is 5.79. The van der Waals surface area contributed by atoms with Crippen LogP contribution >= 0.6 is 11.3 Å². The number of aromatic nitrogens is 1. The third-order valence-electron chi connectivity index (χ3n) is 6.09. The first-order valence-corrected chi connectivity index (χ1v) is 10.9. The summed E-state index contributed by atoms with van der Waals surface area (Å²) in [6.07, 6.45) is 6.97. The van der Waals surface area contributed by atoms with Crippen LogP contribution in [0.4, 0.5) is 0 Å². The van der Waals surface area contributed by atoms with Gasteiger partial charge in [-0.2, -0.15) is 0 Å². The van der Waals surface area contributed by atoms with Crippen molar-refractivity contribution >= 4 is 33.4 Å². The van der Waals surface area contributed by atoms with Crippen LogP contribution in [0.1, 0.15) is 53.3 Å². The SMILES string of the molecule is CN(CCO)C(=O)c1sc2ncccc2c1C1CCN(C(=O)C2CCCC2)C1. The fraction of sp³-hybridized carbons (Fsp3) is 0.571. The van der Waals surface area contributed by atoms with E-state index in [-0.39, 0.29) is 24.3 Å². The Morgan fingerprint density at radius 2 is 2.11 bits per heavy atom. The monoisotopic (exact) mass is 401 g/mol. The van der Waals surface area contributed by atoms with E-state index in [2.05, 4.69) is 4.98 Å². The number of rotatable bonds is 5. The van der Waals surface area contributed by atoms with E-state index in [1.165, 1.54) is 11.3 Å². The minimum Gasteiger partial charge on any atom is -0.395 e. The van der Waals surface area contributed by atoms with Crippen molar-refractivity contribution in [1.82, 2.24) is 14.8 Å². The molecule has 150 valence electrons. The maximum absolute atomic E-state index is 13.0. The maximum atomic E-state index is 13.0. The first kappa shape index (κ1) is 19.3. The minimum absolute atomic E-state index is 0.0617. The second-order valence-electron chi connectivity index (χ2n) is 7.90. The van der Waals surface area contributed by atoms with E-state index in [0.717, 1.165) is 54.4 Å². The minimum atomic E-state index is -0.0763. The summed E-state index contributed by atoms with van der Waals surface area (Å²) in [5, 5.41) is 10.2. The van der Waals surface area contributed by atoms with Crippen molar-refractivity contribution in [3.63, 3.8) is 0 Å². The van der Waals surface area contributed by atoms with E-state index in [4.69, 9.17) is 0 Å². The second kappa shape index (κ2) is 8.17. The van der Waals surface area contributed by atoms with Crippen LogP contribution in [-0.2, 0) is 4.79 Å². The molecule has 1 unspecified atom stereocenters. The number of carbonyl (C=O) groups is 2. The fourth-order valence-electron chi connectivity index (χ4n) is 4.57. The standard InChI is InChI=1S/C21H27N3O3S/c1-23(11-12-25)21(27)18-17(16-7-4-9-22-19(16)28-18)15-8-10-24(13-15)20(26)14-5-2-3-6-14/h4,7,9,14-15,25H,2-3,5-6,8,10-13H2,1H3. The molecule has 1 atom stereocenters. The van der Waals surface area contributed by atoms with Gasteiger partial charge in [0, 0.05) is 50.1 Å². The van der Waals surface area contributed by atoms with Crippen LogP contribution in [0.3, 0.4) is 0 Å². The van der Waals surface area contributed by atoms with Gasteiger partial charge in [0.05, 0.1) is 11.5 Å². The molecule has 4 rings (SSSR count). The summed E-state index contributed by atoms with van der Waals surface area (Å²) in [5.41, 5.74) is 1.03. The van der Waals surface area contributed by atoms with Gasteiger partial charge < -0.3 is 14.9 Å². The average Bonchev–Trinajstić information content (AvgIpc) is 3.45. The van der Waals surface area contributed by atoms with Crippen molar-refractivity contribution in [2.45, 2.75) is 38.0 Å².